The molecule has 0 aromatic carbocycles. The van der Waals surface area contributed by atoms with Crippen LogP contribution in [0.1, 0.15) is 48.7 Å². The molecule has 154 valence electrons. The fourth-order valence-electron chi connectivity index (χ4n) is 4.28. The highest BCUT2D eigenvalue weighted by atomic mass is 16.5. The second-order valence-corrected chi connectivity index (χ2v) is 7.91. The molecule has 7 nitrogen and oxygen atoms in total. The average molecular weight is 396 g/mol. The quantitative estimate of drug-likeness (QED) is 0.622. The van der Waals surface area contributed by atoms with Crippen molar-refractivity contribution in [3.8, 4) is 0 Å². The van der Waals surface area contributed by atoms with E-state index in [0.29, 0.717) is 35.5 Å². The van der Waals surface area contributed by atoms with Gasteiger partial charge < -0.3 is 14.2 Å². The first kappa shape index (κ1) is 19.6. The fraction of sp³-hybridized carbons (Fsp3) is 0.500. The average Bonchev–Trinajstić information content (AvgIpc) is 3.08. The molecule has 4 rings (SSSR count). The molecule has 1 aliphatic rings. The van der Waals surface area contributed by atoms with Crippen LogP contribution in [0.4, 0.5) is 0 Å². The molecule has 1 saturated heterocycles. The summed E-state index contributed by atoms with van der Waals surface area (Å²) in [6.07, 6.45) is 5.65. The van der Waals surface area contributed by atoms with Gasteiger partial charge in [0.1, 0.15) is 17.0 Å². The molecule has 4 heterocycles. The molecule has 0 saturated carbocycles. The predicted octanol–water partition coefficient (Wildman–Crippen LogP) is 3.01. The van der Waals surface area contributed by atoms with Crippen LogP contribution in [-0.4, -0.2) is 51.1 Å². The number of hydrogen-bond donors (Lipinski definition) is 0. The molecule has 3 aromatic rings. The van der Waals surface area contributed by atoms with Gasteiger partial charge in [0.15, 0.2) is 0 Å². The number of methoxy groups -OCH3 is 1. The molecule has 0 N–H and O–H groups in total. The van der Waals surface area contributed by atoms with Crippen molar-refractivity contribution in [1.29, 1.82) is 0 Å². The number of carbonyl (C=O) groups excluding carboxylic acids is 1. The number of aryl methyl sites for hydroxylation is 2. The molecule has 7 heteroatoms. The minimum atomic E-state index is -0.139. The van der Waals surface area contributed by atoms with Gasteiger partial charge in [-0.05, 0) is 57.2 Å². The van der Waals surface area contributed by atoms with Gasteiger partial charge in [0.25, 0.3) is 11.5 Å². The van der Waals surface area contributed by atoms with Crippen LogP contribution >= 0.6 is 0 Å². The summed E-state index contributed by atoms with van der Waals surface area (Å²) < 4.78 is 8.68. The van der Waals surface area contributed by atoms with E-state index in [4.69, 9.17) is 9.72 Å². The molecule has 0 radical (unpaired) electrons. The zero-order valence-electron chi connectivity index (χ0n) is 17.4. The molecule has 29 heavy (non-hydrogen) atoms. The number of fused-ring (bicyclic) bond motifs is 2. The molecule has 1 amide bonds. The smallest absolute Gasteiger partial charge is 0.270 e. The number of pyridine rings is 1. The number of hydrogen-bond acceptors (Lipinski definition) is 4. The summed E-state index contributed by atoms with van der Waals surface area (Å²) in [5.41, 5.74) is 2.53. The largest absolute Gasteiger partial charge is 0.385 e. The van der Waals surface area contributed by atoms with Crippen LogP contribution < -0.4 is 5.56 Å². The first-order valence-corrected chi connectivity index (χ1v) is 10.3. The van der Waals surface area contributed by atoms with Gasteiger partial charge in [-0.25, -0.2) is 4.98 Å². The highest BCUT2D eigenvalue weighted by Crippen LogP contribution is 2.23. The number of rotatable bonds is 5. The van der Waals surface area contributed by atoms with E-state index in [1.165, 1.54) is 0 Å². The Bertz CT molecular complexity index is 1110. The number of likely N-dealkylation sites (tertiary alicyclic amines) is 1. The van der Waals surface area contributed by atoms with Gasteiger partial charge in [-0.2, -0.15) is 0 Å². The van der Waals surface area contributed by atoms with E-state index in [1.807, 2.05) is 28.5 Å². The Morgan fingerprint density at radius 2 is 2.14 bits per heavy atom. The minimum absolute atomic E-state index is 0.0159. The Balaban J connectivity index is 1.90. The summed E-state index contributed by atoms with van der Waals surface area (Å²) in [6, 6.07) is 5.72. The second kappa shape index (κ2) is 7.99. The van der Waals surface area contributed by atoms with Gasteiger partial charge in [0.2, 0.25) is 0 Å². The standard InChI is InChI=1S/C22H28N4O3/c1-15-8-6-11-26-19(15)23-20-17(21(26)27)14-18(25(20)12-7-13-29-3)22(28)24-10-5-4-9-16(24)2/h6,8,11,14,16H,4-5,7,9-10,12-13H2,1-3H3/t16-/m1/s1. The van der Waals surface area contributed by atoms with Crippen molar-refractivity contribution >= 4 is 22.6 Å². The maximum Gasteiger partial charge on any atom is 0.270 e. The maximum absolute atomic E-state index is 13.4. The molecule has 1 aliphatic heterocycles. The molecular formula is C22H28N4O3. The molecule has 0 aliphatic carbocycles. The van der Waals surface area contributed by atoms with Gasteiger partial charge in [-0.1, -0.05) is 6.07 Å². The number of amides is 1. The zero-order valence-corrected chi connectivity index (χ0v) is 17.4. The number of carbonyl (C=O) groups is 1. The first-order chi connectivity index (χ1) is 14.0. The van der Waals surface area contributed by atoms with Crippen molar-refractivity contribution in [3.63, 3.8) is 0 Å². The second-order valence-electron chi connectivity index (χ2n) is 7.91. The van der Waals surface area contributed by atoms with E-state index in [9.17, 15) is 9.59 Å². The van der Waals surface area contributed by atoms with Gasteiger partial charge in [0.05, 0.1) is 5.39 Å². The first-order valence-electron chi connectivity index (χ1n) is 10.3. The van der Waals surface area contributed by atoms with Crippen molar-refractivity contribution in [2.45, 2.75) is 52.1 Å². The van der Waals surface area contributed by atoms with Crippen LogP contribution in [-0.2, 0) is 11.3 Å². The Morgan fingerprint density at radius 3 is 2.90 bits per heavy atom. The lowest BCUT2D eigenvalue weighted by atomic mass is 10.0. The third kappa shape index (κ3) is 3.44. The van der Waals surface area contributed by atoms with Crippen molar-refractivity contribution in [2.75, 3.05) is 20.3 Å². The van der Waals surface area contributed by atoms with Crippen molar-refractivity contribution in [1.82, 2.24) is 18.9 Å². The van der Waals surface area contributed by atoms with Crippen molar-refractivity contribution in [3.05, 3.63) is 46.0 Å². The summed E-state index contributed by atoms with van der Waals surface area (Å²) in [6.45, 7) is 5.95. The van der Waals surface area contributed by atoms with Gasteiger partial charge in [0, 0.05) is 39.0 Å². The monoisotopic (exact) mass is 396 g/mol. The number of piperidine rings is 1. The van der Waals surface area contributed by atoms with Crippen LogP contribution in [0.5, 0.6) is 0 Å². The third-order valence-corrected chi connectivity index (χ3v) is 5.90. The van der Waals surface area contributed by atoms with E-state index in [0.717, 1.165) is 37.8 Å². The number of aromatic nitrogens is 3. The highest BCUT2D eigenvalue weighted by molar-refractivity contribution is 5.98. The molecule has 0 spiro atoms. The van der Waals surface area contributed by atoms with Crippen molar-refractivity contribution < 1.29 is 9.53 Å². The number of nitrogens with zero attached hydrogens (tertiary/aromatic N) is 4. The highest BCUT2D eigenvalue weighted by Gasteiger charge is 2.28. The SMILES string of the molecule is COCCCn1c(C(=O)N2CCCC[C@H]2C)cc2c(=O)n3cccc(C)c3nc21. The summed E-state index contributed by atoms with van der Waals surface area (Å²) in [5, 5.41) is 0.485. The Labute approximate surface area is 169 Å². The lowest BCUT2D eigenvalue weighted by molar-refractivity contribution is 0.0624. The van der Waals surface area contributed by atoms with E-state index >= 15 is 0 Å². The Hall–Kier alpha value is -2.67. The lowest BCUT2D eigenvalue weighted by Crippen LogP contribution is -2.42. The number of ether oxygens (including phenoxy) is 1. The molecule has 1 atom stereocenters. The van der Waals surface area contributed by atoms with E-state index in [1.54, 1.807) is 23.8 Å². The van der Waals surface area contributed by atoms with Gasteiger partial charge in [-0.15, -0.1) is 0 Å². The summed E-state index contributed by atoms with van der Waals surface area (Å²) in [5.74, 6) is -0.0159. The predicted molar refractivity (Wildman–Crippen MR) is 113 cm³/mol. The topological polar surface area (TPSA) is 68.8 Å². The Kier molecular flexibility index (Phi) is 5.41. The van der Waals surface area contributed by atoms with E-state index in [2.05, 4.69) is 6.92 Å². The van der Waals surface area contributed by atoms with Crippen LogP contribution in [0.25, 0.3) is 16.7 Å². The lowest BCUT2D eigenvalue weighted by Gasteiger charge is -2.33. The summed E-state index contributed by atoms with van der Waals surface area (Å²) in [7, 11) is 1.66. The molecule has 3 aromatic heterocycles. The summed E-state index contributed by atoms with van der Waals surface area (Å²) >= 11 is 0. The van der Waals surface area contributed by atoms with E-state index in [-0.39, 0.29) is 17.5 Å². The zero-order chi connectivity index (χ0) is 20.5. The molecule has 1 fully saturated rings. The van der Waals surface area contributed by atoms with Crippen LogP contribution in [0.3, 0.4) is 0 Å². The normalized spacial score (nSPS) is 17.3. The molecular weight excluding hydrogens is 368 g/mol. The molecule has 0 unspecified atom stereocenters. The van der Waals surface area contributed by atoms with Gasteiger partial charge in [-0.3, -0.25) is 14.0 Å². The van der Waals surface area contributed by atoms with Crippen molar-refractivity contribution in [2.24, 2.45) is 0 Å². The third-order valence-electron chi connectivity index (χ3n) is 5.90. The van der Waals surface area contributed by atoms with Gasteiger partial charge >= 0.3 is 0 Å². The maximum atomic E-state index is 13.4. The van der Waals surface area contributed by atoms with E-state index < -0.39 is 0 Å². The van der Waals surface area contributed by atoms with Crippen LogP contribution in [0, 0.1) is 6.92 Å². The Morgan fingerprint density at radius 1 is 1.31 bits per heavy atom. The molecule has 0 bridgehead atoms. The summed E-state index contributed by atoms with van der Waals surface area (Å²) in [4.78, 5) is 33.3. The van der Waals surface area contributed by atoms with Crippen LogP contribution in [0.2, 0.25) is 0 Å². The minimum Gasteiger partial charge on any atom is -0.385 e. The van der Waals surface area contributed by atoms with Crippen LogP contribution in [0.15, 0.2) is 29.2 Å². The fourth-order valence-corrected chi connectivity index (χ4v) is 4.28.